The highest BCUT2D eigenvalue weighted by Gasteiger charge is 1.83. The van der Waals surface area contributed by atoms with Gasteiger partial charge in [0.05, 0.1) is 6.20 Å². The van der Waals surface area contributed by atoms with Gasteiger partial charge in [0.2, 0.25) is 4.77 Å². The van der Waals surface area contributed by atoms with Crippen molar-refractivity contribution in [3.63, 3.8) is 0 Å². The first kappa shape index (κ1) is 6.15. The van der Waals surface area contributed by atoms with Gasteiger partial charge >= 0.3 is 0 Å². The number of nitrogens with one attached hydrogen (secondary N) is 1. The highest BCUT2D eigenvalue weighted by Crippen LogP contribution is 1.71. The van der Waals surface area contributed by atoms with Gasteiger partial charge < -0.3 is 0 Å². The first-order chi connectivity index (χ1) is 4.20. The summed E-state index contributed by atoms with van der Waals surface area (Å²) in [5.41, 5.74) is -0.244. The SMILES string of the molecule is Cn1[nH]c(=O)cnc1=S. The second-order valence-corrected chi connectivity index (χ2v) is 1.94. The van der Waals surface area contributed by atoms with E-state index in [-0.39, 0.29) is 5.56 Å². The highest BCUT2D eigenvalue weighted by atomic mass is 32.1. The topological polar surface area (TPSA) is 50.7 Å². The van der Waals surface area contributed by atoms with Crippen molar-refractivity contribution in [1.29, 1.82) is 0 Å². The fourth-order valence-electron chi connectivity index (χ4n) is 0.442. The number of hydrogen-bond donors (Lipinski definition) is 1. The third kappa shape index (κ3) is 1.23. The second kappa shape index (κ2) is 2.10. The molecule has 0 aliphatic rings. The zero-order valence-corrected chi connectivity index (χ0v) is 5.60. The van der Waals surface area contributed by atoms with Crippen molar-refractivity contribution in [2.45, 2.75) is 0 Å². The Labute approximate surface area is 56.2 Å². The molecule has 0 bridgehead atoms. The minimum absolute atomic E-state index is 0.244. The maximum absolute atomic E-state index is 10.5. The Morgan fingerprint density at radius 3 is 3.00 bits per heavy atom. The van der Waals surface area contributed by atoms with Gasteiger partial charge in [-0.05, 0) is 12.2 Å². The van der Waals surface area contributed by atoms with Gasteiger partial charge in [0.15, 0.2) is 0 Å². The Morgan fingerprint density at radius 2 is 2.56 bits per heavy atom. The molecule has 4 nitrogen and oxygen atoms in total. The number of nitrogens with zero attached hydrogens (tertiary/aromatic N) is 2. The van der Waals surface area contributed by atoms with E-state index < -0.39 is 0 Å². The van der Waals surface area contributed by atoms with E-state index in [1.807, 2.05) is 0 Å². The number of H-pyrrole nitrogens is 1. The predicted octanol–water partition coefficient (Wildman–Crippen LogP) is -0.162. The summed E-state index contributed by atoms with van der Waals surface area (Å²) in [6.07, 6.45) is 1.16. The fourth-order valence-corrected chi connectivity index (χ4v) is 0.541. The Bertz CT molecular complexity index is 312. The standard InChI is InChI=1S/C4H5N3OS/c1-7-4(9)5-2-3(8)6-7/h2H,1H3,(H,6,8). The van der Waals surface area contributed by atoms with E-state index in [0.717, 1.165) is 6.20 Å². The van der Waals surface area contributed by atoms with Gasteiger partial charge in [0.25, 0.3) is 5.56 Å². The van der Waals surface area contributed by atoms with Crippen LogP contribution in [0.3, 0.4) is 0 Å². The van der Waals surface area contributed by atoms with Crippen LogP contribution in [0.2, 0.25) is 0 Å². The Kier molecular flexibility index (Phi) is 1.44. The van der Waals surface area contributed by atoms with Crippen LogP contribution >= 0.6 is 12.2 Å². The molecule has 0 fully saturated rings. The van der Waals surface area contributed by atoms with Gasteiger partial charge in [-0.3, -0.25) is 14.6 Å². The summed E-state index contributed by atoms with van der Waals surface area (Å²) >= 11 is 4.69. The minimum Gasteiger partial charge on any atom is -0.266 e. The number of aromatic amines is 1. The van der Waals surface area contributed by atoms with Crippen LogP contribution in [-0.2, 0) is 7.05 Å². The predicted molar refractivity (Wildman–Crippen MR) is 34.7 cm³/mol. The average molecular weight is 143 g/mol. The van der Waals surface area contributed by atoms with Crippen LogP contribution in [0.5, 0.6) is 0 Å². The molecule has 0 aliphatic carbocycles. The quantitative estimate of drug-likeness (QED) is 0.513. The van der Waals surface area contributed by atoms with E-state index >= 15 is 0 Å². The molecule has 0 radical (unpaired) electrons. The van der Waals surface area contributed by atoms with Gasteiger partial charge in [0.1, 0.15) is 0 Å². The second-order valence-electron chi connectivity index (χ2n) is 1.58. The summed E-state index contributed by atoms with van der Waals surface area (Å²) in [6.45, 7) is 0. The molecule has 0 saturated carbocycles. The van der Waals surface area contributed by atoms with E-state index in [1.54, 1.807) is 7.05 Å². The van der Waals surface area contributed by atoms with Gasteiger partial charge in [-0.25, -0.2) is 4.98 Å². The van der Waals surface area contributed by atoms with Gasteiger partial charge in [-0.15, -0.1) is 0 Å². The monoisotopic (exact) mass is 143 g/mol. The maximum Gasteiger partial charge on any atom is 0.281 e. The van der Waals surface area contributed by atoms with Crippen LogP contribution < -0.4 is 5.56 Å². The molecule has 0 unspecified atom stereocenters. The lowest BCUT2D eigenvalue weighted by atomic mass is 10.9. The summed E-state index contributed by atoms with van der Waals surface area (Å²) < 4.78 is 1.76. The minimum atomic E-state index is -0.244. The van der Waals surface area contributed by atoms with E-state index in [4.69, 9.17) is 12.2 Å². The fraction of sp³-hybridized carbons (Fsp3) is 0.250. The summed E-state index contributed by atoms with van der Waals surface area (Å²) in [5.74, 6) is 0. The number of rotatable bonds is 0. The van der Waals surface area contributed by atoms with Gasteiger partial charge in [-0.2, -0.15) is 0 Å². The van der Waals surface area contributed by atoms with Crippen molar-refractivity contribution in [3.05, 3.63) is 21.3 Å². The zero-order chi connectivity index (χ0) is 6.85. The molecule has 9 heavy (non-hydrogen) atoms. The molecule has 48 valence electrons. The smallest absolute Gasteiger partial charge is 0.266 e. The molecule has 1 aromatic heterocycles. The maximum atomic E-state index is 10.5. The first-order valence-corrected chi connectivity index (χ1v) is 2.73. The average Bonchev–Trinajstić information content (AvgIpc) is 1.80. The lowest BCUT2D eigenvalue weighted by Crippen LogP contribution is -2.14. The normalized spacial score (nSPS) is 9.44. The Balaban J connectivity index is 3.52. The third-order valence-corrected chi connectivity index (χ3v) is 1.24. The summed E-state index contributed by atoms with van der Waals surface area (Å²) in [5, 5.41) is 2.43. The molecule has 0 saturated heterocycles. The summed E-state index contributed by atoms with van der Waals surface area (Å²) in [6, 6.07) is 0. The van der Waals surface area contributed by atoms with Crippen LogP contribution in [0.1, 0.15) is 0 Å². The number of aromatic nitrogens is 3. The van der Waals surface area contributed by atoms with Crippen molar-refractivity contribution in [1.82, 2.24) is 14.8 Å². The molecule has 0 amide bonds. The molecule has 0 atom stereocenters. The highest BCUT2D eigenvalue weighted by molar-refractivity contribution is 7.71. The first-order valence-electron chi connectivity index (χ1n) is 2.32. The summed E-state index contributed by atoms with van der Waals surface area (Å²) in [4.78, 5) is 14.1. The Hall–Kier alpha value is -0.970. The van der Waals surface area contributed by atoms with Crippen molar-refractivity contribution in [3.8, 4) is 0 Å². The van der Waals surface area contributed by atoms with Crippen LogP contribution in [-0.4, -0.2) is 14.8 Å². The van der Waals surface area contributed by atoms with Gasteiger partial charge in [0, 0.05) is 7.05 Å². The lowest BCUT2D eigenvalue weighted by molar-refractivity contribution is 0.680. The third-order valence-electron chi connectivity index (χ3n) is 0.857. The Morgan fingerprint density at radius 1 is 1.89 bits per heavy atom. The molecule has 0 spiro atoms. The largest absolute Gasteiger partial charge is 0.281 e. The summed E-state index contributed by atoms with van der Waals surface area (Å²) in [7, 11) is 1.64. The molecular formula is C4H5N3OS. The van der Waals surface area contributed by atoms with Crippen LogP contribution in [0.15, 0.2) is 11.0 Å². The molecule has 0 aliphatic heterocycles. The lowest BCUT2D eigenvalue weighted by Gasteiger charge is -1.92. The van der Waals surface area contributed by atoms with Crippen molar-refractivity contribution < 1.29 is 0 Å². The van der Waals surface area contributed by atoms with Crippen LogP contribution in [0, 0.1) is 4.77 Å². The molecule has 0 aromatic carbocycles. The van der Waals surface area contributed by atoms with E-state index in [0.29, 0.717) is 4.77 Å². The van der Waals surface area contributed by atoms with Crippen molar-refractivity contribution >= 4 is 12.2 Å². The van der Waals surface area contributed by atoms with Crippen LogP contribution in [0.25, 0.3) is 0 Å². The molecule has 1 N–H and O–H groups in total. The van der Waals surface area contributed by atoms with Gasteiger partial charge in [-0.1, -0.05) is 0 Å². The molecule has 1 rings (SSSR count). The number of aryl methyl sites for hydroxylation is 1. The van der Waals surface area contributed by atoms with Crippen molar-refractivity contribution in [2.75, 3.05) is 0 Å². The molecule has 1 heterocycles. The van der Waals surface area contributed by atoms with E-state index in [9.17, 15) is 4.79 Å². The zero-order valence-electron chi connectivity index (χ0n) is 4.79. The number of hydrogen-bond acceptors (Lipinski definition) is 3. The molecule has 5 heteroatoms. The van der Waals surface area contributed by atoms with E-state index in [1.165, 1.54) is 4.68 Å². The molecular weight excluding hydrogens is 138 g/mol. The van der Waals surface area contributed by atoms with Crippen LogP contribution in [0.4, 0.5) is 0 Å². The molecule has 1 aromatic rings. The van der Waals surface area contributed by atoms with Crippen molar-refractivity contribution in [2.24, 2.45) is 7.05 Å². The van der Waals surface area contributed by atoms with E-state index in [2.05, 4.69) is 10.1 Å².